The second kappa shape index (κ2) is 6.80. The van der Waals surface area contributed by atoms with Gasteiger partial charge in [0, 0.05) is 24.1 Å². The second-order valence-electron chi connectivity index (χ2n) is 6.66. The van der Waals surface area contributed by atoms with E-state index in [4.69, 9.17) is 0 Å². The van der Waals surface area contributed by atoms with Crippen LogP contribution < -0.4 is 10.2 Å². The Morgan fingerprint density at radius 1 is 1.07 bits per heavy atom. The van der Waals surface area contributed by atoms with Crippen LogP contribution in [0, 0.1) is 0 Å². The lowest BCUT2D eigenvalue weighted by atomic mass is 10.0. The number of anilines is 2. The molecule has 0 spiro atoms. The average molecular weight is 379 g/mol. The van der Waals surface area contributed by atoms with Gasteiger partial charge >= 0.3 is 6.09 Å². The van der Waals surface area contributed by atoms with Crippen molar-refractivity contribution in [1.29, 1.82) is 0 Å². The van der Waals surface area contributed by atoms with E-state index in [0.29, 0.717) is 22.5 Å². The van der Waals surface area contributed by atoms with Crippen molar-refractivity contribution in [3.8, 4) is 0 Å². The first-order valence-corrected chi connectivity index (χ1v) is 8.82. The largest absolute Gasteiger partial charge is 0.464 e. The molecule has 8 nitrogen and oxygen atoms in total. The van der Waals surface area contributed by atoms with Crippen molar-refractivity contribution in [1.82, 2.24) is 10.2 Å². The molecule has 0 bridgehead atoms. The summed E-state index contributed by atoms with van der Waals surface area (Å²) in [5, 5.41) is 12.0. The van der Waals surface area contributed by atoms with E-state index in [1.54, 1.807) is 48.5 Å². The minimum Gasteiger partial charge on any atom is -0.464 e. The first-order chi connectivity index (χ1) is 13.5. The van der Waals surface area contributed by atoms with Gasteiger partial charge in [-0.05, 0) is 30.7 Å². The summed E-state index contributed by atoms with van der Waals surface area (Å²) >= 11 is 0. The molecule has 0 aromatic heterocycles. The second-order valence-corrected chi connectivity index (χ2v) is 6.66. The molecule has 1 fully saturated rings. The number of nitrogens with one attached hydrogen (secondary N) is 1. The number of fused-ring (bicyclic) bond motifs is 1. The predicted octanol–water partition coefficient (Wildman–Crippen LogP) is 2.26. The lowest BCUT2D eigenvalue weighted by molar-refractivity contribution is -0.136. The first kappa shape index (κ1) is 17.7. The van der Waals surface area contributed by atoms with E-state index < -0.39 is 18.0 Å². The summed E-state index contributed by atoms with van der Waals surface area (Å²) < 4.78 is 0. The summed E-state index contributed by atoms with van der Waals surface area (Å²) in [5.41, 5.74) is 1.74. The molecule has 4 amide bonds. The van der Waals surface area contributed by atoms with Gasteiger partial charge < -0.3 is 10.0 Å². The van der Waals surface area contributed by atoms with Gasteiger partial charge in [0.2, 0.25) is 11.8 Å². The molecule has 0 radical (unpaired) electrons. The van der Waals surface area contributed by atoms with Crippen molar-refractivity contribution in [2.45, 2.75) is 25.4 Å². The van der Waals surface area contributed by atoms with Gasteiger partial charge in [-0.25, -0.2) is 9.69 Å². The first-order valence-electron chi connectivity index (χ1n) is 8.82. The summed E-state index contributed by atoms with van der Waals surface area (Å²) in [6, 6.07) is 12.7. The fraction of sp³-hybridized carbons (Fsp3) is 0.200. The number of imide groups is 1. The van der Waals surface area contributed by atoms with E-state index in [2.05, 4.69) is 5.32 Å². The molecule has 2 N–H and O–H groups in total. The SMILES string of the molecule is O=C1CCC(N2Cc3c(cccc3N(C(=O)O)c3ccccc3)C2=O)C(=O)N1. The number of nitrogens with zero attached hydrogens (tertiary/aromatic N) is 2. The van der Waals surface area contributed by atoms with Gasteiger partial charge in [-0.1, -0.05) is 24.3 Å². The highest BCUT2D eigenvalue weighted by molar-refractivity contribution is 6.07. The van der Waals surface area contributed by atoms with E-state index in [1.807, 2.05) is 0 Å². The van der Waals surface area contributed by atoms with Gasteiger partial charge in [-0.3, -0.25) is 19.7 Å². The molecule has 4 rings (SSSR count). The molecule has 1 unspecified atom stereocenters. The number of piperidine rings is 1. The van der Waals surface area contributed by atoms with Crippen molar-refractivity contribution in [3.63, 3.8) is 0 Å². The highest BCUT2D eigenvalue weighted by Crippen LogP contribution is 2.37. The lowest BCUT2D eigenvalue weighted by Gasteiger charge is -2.29. The third-order valence-electron chi connectivity index (χ3n) is 5.00. The van der Waals surface area contributed by atoms with E-state index in [9.17, 15) is 24.3 Å². The molecular weight excluding hydrogens is 362 g/mol. The number of hydrogen-bond acceptors (Lipinski definition) is 4. The maximum atomic E-state index is 12.9. The Morgan fingerprint density at radius 3 is 2.50 bits per heavy atom. The van der Waals surface area contributed by atoms with Gasteiger partial charge in [0.15, 0.2) is 0 Å². The Bertz CT molecular complexity index is 989. The van der Waals surface area contributed by atoms with Crippen molar-refractivity contribution in [2.24, 2.45) is 0 Å². The lowest BCUT2D eigenvalue weighted by Crippen LogP contribution is -2.52. The number of para-hydroxylation sites is 1. The summed E-state index contributed by atoms with van der Waals surface area (Å²) in [6.45, 7) is 0.104. The molecule has 0 saturated carbocycles. The smallest absolute Gasteiger partial charge is 0.416 e. The molecule has 2 aromatic carbocycles. The molecule has 8 heteroatoms. The minimum atomic E-state index is -1.17. The average Bonchev–Trinajstić information content (AvgIpc) is 3.00. The van der Waals surface area contributed by atoms with Gasteiger partial charge in [0.1, 0.15) is 6.04 Å². The number of carbonyl (C=O) groups excluding carboxylic acids is 3. The van der Waals surface area contributed by atoms with Crippen LogP contribution in [0.2, 0.25) is 0 Å². The zero-order valence-electron chi connectivity index (χ0n) is 14.8. The Morgan fingerprint density at radius 2 is 1.82 bits per heavy atom. The Hall–Kier alpha value is -3.68. The van der Waals surface area contributed by atoms with E-state index in [1.165, 1.54) is 4.90 Å². The fourth-order valence-electron chi connectivity index (χ4n) is 3.71. The van der Waals surface area contributed by atoms with E-state index in [-0.39, 0.29) is 31.2 Å². The highest BCUT2D eigenvalue weighted by atomic mass is 16.4. The van der Waals surface area contributed by atoms with E-state index >= 15 is 0 Å². The summed E-state index contributed by atoms with van der Waals surface area (Å²) in [7, 11) is 0. The van der Waals surface area contributed by atoms with Crippen LogP contribution >= 0.6 is 0 Å². The zero-order chi connectivity index (χ0) is 19.8. The Labute approximate surface area is 160 Å². The number of rotatable bonds is 3. The van der Waals surface area contributed by atoms with Gasteiger partial charge in [0.25, 0.3) is 5.91 Å². The zero-order valence-corrected chi connectivity index (χ0v) is 14.8. The fourth-order valence-corrected chi connectivity index (χ4v) is 3.71. The van der Waals surface area contributed by atoms with Crippen LogP contribution in [0.4, 0.5) is 16.2 Å². The molecule has 1 atom stereocenters. The Balaban J connectivity index is 1.73. The number of benzene rings is 2. The summed E-state index contributed by atoms with van der Waals surface area (Å²) in [6.07, 6.45) is -0.762. The molecular formula is C20H17N3O5. The molecule has 2 aliphatic rings. The van der Waals surface area contributed by atoms with Crippen LogP contribution in [-0.4, -0.2) is 39.9 Å². The van der Waals surface area contributed by atoms with Gasteiger partial charge in [-0.2, -0.15) is 0 Å². The third kappa shape index (κ3) is 2.88. The van der Waals surface area contributed by atoms with Crippen LogP contribution in [0.15, 0.2) is 48.5 Å². The molecule has 1 saturated heterocycles. The van der Waals surface area contributed by atoms with Gasteiger partial charge in [0.05, 0.1) is 11.4 Å². The maximum absolute atomic E-state index is 12.9. The molecule has 2 aliphatic heterocycles. The summed E-state index contributed by atoms with van der Waals surface area (Å²) in [5.74, 6) is -1.20. The third-order valence-corrected chi connectivity index (χ3v) is 5.00. The van der Waals surface area contributed by atoms with Crippen molar-refractivity contribution >= 4 is 35.2 Å². The number of hydrogen-bond donors (Lipinski definition) is 2. The molecule has 2 aromatic rings. The van der Waals surface area contributed by atoms with Crippen LogP contribution in [0.25, 0.3) is 0 Å². The topological polar surface area (TPSA) is 107 Å². The monoisotopic (exact) mass is 379 g/mol. The van der Waals surface area contributed by atoms with Crippen LogP contribution in [0.1, 0.15) is 28.8 Å². The van der Waals surface area contributed by atoms with Gasteiger partial charge in [-0.15, -0.1) is 0 Å². The molecule has 2 heterocycles. The van der Waals surface area contributed by atoms with Crippen LogP contribution in [-0.2, 0) is 16.1 Å². The molecule has 28 heavy (non-hydrogen) atoms. The predicted molar refractivity (Wildman–Crippen MR) is 99.1 cm³/mol. The quantitative estimate of drug-likeness (QED) is 0.796. The standard InChI is InChI=1S/C20H17N3O5/c24-17-10-9-16(18(25)21-17)22-11-14-13(19(22)26)7-4-8-15(14)23(20(27)28)12-5-2-1-3-6-12/h1-8,16H,9-11H2,(H,27,28)(H,21,24,25). The highest BCUT2D eigenvalue weighted by Gasteiger charge is 2.40. The van der Waals surface area contributed by atoms with Crippen LogP contribution in [0.5, 0.6) is 0 Å². The van der Waals surface area contributed by atoms with Crippen LogP contribution in [0.3, 0.4) is 0 Å². The normalized spacial score (nSPS) is 18.6. The minimum absolute atomic E-state index is 0.104. The maximum Gasteiger partial charge on any atom is 0.416 e. The van der Waals surface area contributed by atoms with Crippen molar-refractivity contribution in [3.05, 3.63) is 59.7 Å². The Kier molecular flexibility index (Phi) is 4.31. The van der Waals surface area contributed by atoms with Crippen molar-refractivity contribution in [2.75, 3.05) is 4.90 Å². The number of carboxylic acid groups (broad SMARTS) is 1. The molecule has 0 aliphatic carbocycles. The van der Waals surface area contributed by atoms with E-state index in [0.717, 1.165) is 4.90 Å². The summed E-state index contributed by atoms with van der Waals surface area (Å²) in [4.78, 5) is 51.0. The number of amides is 4. The van der Waals surface area contributed by atoms with Crippen molar-refractivity contribution < 1.29 is 24.3 Å². The molecule has 142 valence electrons. The number of carbonyl (C=O) groups is 4.